The van der Waals surface area contributed by atoms with Crippen LogP contribution in [0.2, 0.25) is 0 Å². The molecule has 1 amide bonds. The molecule has 0 bridgehead atoms. The smallest absolute Gasteiger partial charge is 0.325 e. The third kappa shape index (κ3) is 4.63. The molecular weight excluding hydrogens is 424 g/mol. The number of ether oxygens (including phenoxy) is 2. The number of aromatic nitrogens is 1. The van der Waals surface area contributed by atoms with E-state index < -0.39 is 11.9 Å². The Balaban J connectivity index is 1.68. The highest BCUT2D eigenvalue weighted by atomic mass is 32.1. The number of amides is 1. The van der Waals surface area contributed by atoms with Crippen LogP contribution < -0.4 is 9.54 Å². The number of carbonyl (C=O) groups excluding carboxylic acids is 2. The van der Waals surface area contributed by atoms with Gasteiger partial charge < -0.3 is 14.0 Å². The van der Waals surface area contributed by atoms with E-state index in [1.165, 1.54) is 18.4 Å². The molecule has 1 aromatic heterocycles. The van der Waals surface area contributed by atoms with E-state index in [1.807, 2.05) is 56.3 Å². The first-order chi connectivity index (χ1) is 15.4. The molecule has 4 aromatic rings. The van der Waals surface area contributed by atoms with Gasteiger partial charge in [0.2, 0.25) is 0 Å². The van der Waals surface area contributed by atoms with Gasteiger partial charge in [0.15, 0.2) is 4.80 Å². The van der Waals surface area contributed by atoms with Crippen molar-refractivity contribution in [1.29, 1.82) is 0 Å². The molecule has 0 aliphatic carbocycles. The fourth-order valence-electron chi connectivity index (χ4n) is 3.46. The lowest BCUT2D eigenvalue weighted by molar-refractivity contribution is -0.141. The number of rotatable bonds is 5. The molecule has 162 valence electrons. The van der Waals surface area contributed by atoms with Gasteiger partial charge in [-0.15, -0.1) is 0 Å². The molecule has 0 saturated carbocycles. The van der Waals surface area contributed by atoms with Gasteiger partial charge >= 0.3 is 5.97 Å². The highest BCUT2D eigenvalue weighted by molar-refractivity contribution is 7.16. The van der Waals surface area contributed by atoms with Crippen LogP contribution in [-0.2, 0) is 16.1 Å². The van der Waals surface area contributed by atoms with E-state index in [4.69, 9.17) is 9.47 Å². The third-order valence-corrected chi connectivity index (χ3v) is 5.93. The molecule has 0 unspecified atom stereocenters. The van der Waals surface area contributed by atoms with Gasteiger partial charge in [-0.2, -0.15) is 4.99 Å². The lowest BCUT2D eigenvalue weighted by Crippen LogP contribution is -2.22. The SMILES string of the molecule is COC(=O)Cn1c(=NC(=O)c2ccc(Oc3ccccc3)cc2)sc2cc(C)cc(C)c21. The Morgan fingerprint density at radius 1 is 0.969 bits per heavy atom. The monoisotopic (exact) mass is 446 g/mol. The van der Waals surface area contributed by atoms with Gasteiger partial charge in [-0.05, 0) is 67.4 Å². The maximum atomic E-state index is 12.9. The van der Waals surface area contributed by atoms with Gasteiger partial charge in [-0.1, -0.05) is 35.6 Å². The molecule has 1 heterocycles. The van der Waals surface area contributed by atoms with Crippen molar-refractivity contribution in [3.63, 3.8) is 0 Å². The maximum Gasteiger partial charge on any atom is 0.325 e. The van der Waals surface area contributed by atoms with Crippen molar-refractivity contribution < 1.29 is 19.1 Å². The minimum absolute atomic E-state index is 0.0175. The normalized spacial score (nSPS) is 11.5. The van der Waals surface area contributed by atoms with Crippen molar-refractivity contribution in [2.24, 2.45) is 4.99 Å². The molecule has 0 spiro atoms. The molecule has 0 atom stereocenters. The van der Waals surface area contributed by atoms with Crippen LogP contribution in [0.5, 0.6) is 11.5 Å². The van der Waals surface area contributed by atoms with Gasteiger partial charge in [0.05, 0.1) is 17.3 Å². The summed E-state index contributed by atoms with van der Waals surface area (Å²) in [6.07, 6.45) is 0. The zero-order valence-corrected chi connectivity index (χ0v) is 18.8. The van der Waals surface area contributed by atoms with Gasteiger partial charge in [0.25, 0.3) is 5.91 Å². The van der Waals surface area contributed by atoms with Crippen LogP contribution in [0.3, 0.4) is 0 Å². The second-order valence-corrected chi connectivity index (χ2v) is 8.34. The van der Waals surface area contributed by atoms with E-state index in [0.717, 1.165) is 27.1 Å². The molecule has 4 rings (SSSR count). The van der Waals surface area contributed by atoms with Crippen molar-refractivity contribution in [3.05, 3.63) is 88.2 Å². The number of esters is 1. The summed E-state index contributed by atoms with van der Waals surface area (Å²) in [7, 11) is 1.34. The zero-order chi connectivity index (χ0) is 22.7. The van der Waals surface area contributed by atoms with Crippen LogP contribution in [0.25, 0.3) is 10.2 Å². The minimum atomic E-state index is -0.402. The van der Waals surface area contributed by atoms with Gasteiger partial charge in [0, 0.05) is 5.56 Å². The molecule has 0 aliphatic rings. The van der Waals surface area contributed by atoms with E-state index in [1.54, 1.807) is 28.8 Å². The van der Waals surface area contributed by atoms with E-state index in [0.29, 0.717) is 16.1 Å². The van der Waals surface area contributed by atoms with E-state index in [-0.39, 0.29) is 6.54 Å². The largest absolute Gasteiger partial charge is 0.468 e. The number of thiazole rings is 1. The Labute approximate surface area is 189 Å². The summed E-state index contributed by atoms with van der Waals surface area (Å²) in [4.78, 5) is 29.7. The Kier molecular flexibility index (Phi) is 6.18. The molecule has 0 fully saturated rings. The molecule has 0 radical (unpaired) electrons. The zero-order valence-electron chi connectivity index (χ0n) is 18.0. The van der Waals surface area contributed by atoms with Crippen LogP contribution in [0, 0.1) is 13.8 Å². The van der Waals surface area contributed by atoms with Gasteiger partial charge in [-0.25, -0.2) is 0 Å². The molecule has 0 N–H and O–H groups in total. The standard InChI is InChI=1S/C25H22N2O4S/c1-16-13-17(2)23-21(14-16)32-25(27(23)15-22(28)30-3)26-24(29)18-9-11-20(12-10-18)31-19-7-5-4-6-8-19/h4-14H,15H2,1-3H3. The average molecular weight is 447 g/mol. The number of fused-ring (bicyclic) bond motifs is 1. The average Bonchev–Trinajstić information content (AvgIpc) is 3.11. The van der Waals surface area contributed by atoms with Crippen LogP contribution in [0.1, 0.15) is 21.5 Å². The highest BCUT2D eigenvalue weighted by Crippen LogP contribution is 2.24. The van der Waals surface area contributed by atoms with Crippen molar-refractivity contribution in [1.82, 2.24) is 4.57 Å². The Morgan fingerprint density at radius 3 is 2.34 bits per heavy atom. The van der Waals surface area contributed by atoms with Crippen molar-refractivity contribution in [2.45, 2.75) is 20.4 Å². The molecule has 0 aliphatic heterocycles. The van der Waals surface area contributed by atoms with Crippen LogP contribution in [0.15, 0.2) is 71.7 Å². The number of aryl methyl sites for hydroxylation is 2. The lowest BCUT2D eigenvalue weighted by atomic mass is 10.1. The first-order valence-corrected chi connectivity index (χ1v) is 10.9. The summed E-state index contributed by atoms with van der Waals surface area (Å²) in [6, 6.07) is 20.3. The number of benzene rings is 3. The van der Waals surface area contributed by atoms with E-state index >= 15 is 0 Å². The predicted octanol–water partition coefficient (Wildman–Crippen LogP) is 5.03. The van der Waals surface area contributed by atoms with Crippen molar-refractivity contribution in [2.75, 3.05) is 7.11 Å². The summed E-state index contributed by atoms with van der Waals surface area (Å²) in [5.41, 5.74) is 3.43. The fraction of sp³-hybridized carbons (Fsp3) is 0.160. The Morgan fingerprint density at radius 2 is 1.66 bits per heavy atom. The van der Waals surface area contributed by atoms with Gasteiger partial charge in [-0.3, -0.25) is 9.59 Å². The number of methoxy groups -OCH3 is 1. The Hall–Kier alpha value is -3.71. The molecule has 3 aromatic carbocycles. The summed E-state index contributed by atoms with van der Waals surface area (Å²) in [5.74, 6) is 0.550. The summed E-state index contributed by atoms with van der Waals surface area (Å²) in [6.45, 7) is 3.97. The number of para-hydroxylation sites is 1. The number of carbonyl (C=O) groups is 2. The van der Waals surface area contributed by atoms with Gasteiger partial charge in [0.1, 0.15) is 18.0 Å². The highest BCUT2D eigenvalue weighted by Gasteiger charge is 2.15. The number of hydrogen-bond acceptors (Lipinski definition) is 5. The van der Waals surface area contributed by atoms with Crippen LogP contribution in [-0.4, -0.2) is 23.6 Å². The second-order valence-electron chi connectivity index (χ2n) is 7.33. The third-order valence-electron chi connectivity index (χ3n) is 4.90. The number of nitrogens with zero attached hydrogens (tertiary/aromatic N) is 2. The maximum absolute atomic E-state index is 12.9. The predicted molar refractivity (Wildman–Crippen MR) is 124 cm³/mol. The topological polar surface area (TPSA) is 69.9 Å². The first-order valence-electron chi connectivity index (χ1n) is 10.0. The van der Waals surface area contributed by atoms with Crippen LogP contribution >= 0.6 is 11.3 Å². The fourth-order valence-corrected chi connectivity index (χ4v) is 4.66. The number of hydrogen-bond donors (Lipinski definition) is 0. The Bertz CT molecular complexity index is 1350. The lowest BCUT2D eigenvalue weighted by Gasteiger charge is -2.07. The van der Waals surface area contributed by atoms with Crippen molar-refractivity contribution >= 4 is 33.4 Å². The molecule has 6 nitrogen and oxygen atoms in total. The molecule has 7 heteroatoms. The second kappa shape index (κ2) is 9.20. The summed E-state index contributed by atoms with van der Waals surface area (Å²) < 4.78 is 13.3. The quantitative estimate of drug-likeness (QED) is 0.403. The van der Waals surface area contributed by atoms with Crippen LogP contribution in [0.4, 0.5) is 0 Å². The molecular formula is C25H22N2O4S. The summed E-state index contributed by atoms with van der Waals surface area (Å²) >= 11 is 1.38. The minimum Gasteiger partial charge on any atom is -0.468 e. The van der Waals surface area contributed by atoms with E-state index in [2.05, 4.69) is 4.99 Å². The van der Waals surface area contributed by atoms with E-state index in [9.17, 15) is 9.59 Å². The first kappa shape index (κ1) is 21.5. The molecule has 32 heavy (non-hydrogen) atoms. The molecule has 0 saturated heterocycles. The van der Waals surface area contributed by atoms with Crippen molar-refractivity contribution in [3.8, 4) is 11.5 Å². The summed E-state index contributed by atoms with van der Waals surface area (Å²) in [5, 5.41) is 0.